The Morgan fingerprint density at radius 3 is 2.47 bits per heavy atom. The maximum atomic E-state index is 10.5. The summed E-state index contributed by atoms with van der Waals surface area (Å²) in [6.07, 6.45) is -0.271. The Morgan fingerprint density at radius 1 is 1.24 bits per heavy atom. The molecule has 1 saturated heterocycles. The van der Waals surface area contributed by atoms with E-state index in [0.29, 0.717) is 32.6 Å². The molecule has 1 unspecified atom stereocenters. The Bertz CT molecular complexity index is 321. The van der Waals surface area contributed by atoms with Crippen LogP contribution in [0.2, 0.25) is 0 Å². The van der Waals surface area contributed by atoms with Crippen LogP contribution in [0.25, 0.3) is 0 Å². The van der Waals surface area contributed by atoms with Crippen molar-refractivity contribution in [2.24, 2.45) is 0 Å². The van der Waals surface area contributed by atoms with Gasteiger partial charge in [0.15, 0.2) is 0 Å². The molecule has 0 saturated carbocycles. The quantitative estimate of drug-likeness (QED) is 0.488. The standard InChI is InChI=1S/C9H20N2O5S/c12-6-5-11-4-3-10(8-9(11)13)2-1-7-17(14,15)16/h9,12-13H,1-8H2,(H,14,15,16). The first-order valence-electron chi connectivity index (χ1n) is 5.63. The molecule has 0 aromatic heterocycles. The summed E-state index contributed by atoms with van der Waals surface area (Å²) < 4.78 is 29.6. The third-order valence-corrected chi connectivity index (χ3v) is 3.61. The van der Waals surface area contributed by atoms with Gasteiger partial charge in [-0.3, -0.25) is 14.4 Å². The highest BCUT2D eigenvalue weighted by Gasteiger charge is 2.24. The van der Waals surface area contributed by atoms with Crippen LogP contribution in [0.4, 0.5) is 0 Å². The van der Waals surface area contributed by atoms with E-state index in [1.165, 1.54) is 0 Å². The summed E-state index contributed by atoms with van der Waals surface area (Å²) in [5.74, 6) is -0.250. The Balaban J connectivity index is 2.25. The van der Waals surface area contributed by atoms with Crippen molar-refractivity contribution in [3.8, 4) is 0 Å². The molecule has 1 aliphatic heterocycles. The third kappa shape index (κ3) is 5.75. The molecular weight excluding hydrogens is 248 g/mol. The second kappa shape index (κ2) is 6.62. The summed E-state index contributed by atoms with van der Waals surface area (Å²) in [7, 11) is -3.89. The predicted molar refractivity (Wildman–Crippen MR) is 62.1 cm³/mol. The molecule has 1 heterocycles. The summed E-state index contributed by atoms with van der Waals surface area (Å²) >= 11 is 0. The van der Waals surface area contributed by atoms with E-state index in [-0.39, 0.29) is 12.4 Å². The summed E-state index contributed by atoms with van der Waals surface area (Å²) in [6, 6.07) is 0. The molecule has 3 N–H and O–H groups in total. The molecule has 0 aromatic carbocycles. The fraction of sp³-hybridized carbons (Fsp3) is 1.00. The number of nitrogens with zero attached hydrogens (tertiary/aromatic N) is 2. The molecule has 7 nitrogen and oxygen atoms in total. The van der Waals surface area contributed by atoms with Gasteiger partial charge >= 0.3 is 0 Å². The Kier molecular flexibility index (Phi) is 5.77. The van der Waals surface area contributed by atoms with Gasteiger partial charge in [0.1, 0.15) is 6.23 Å². The Hall–Kier alpha value is -0.250. The number of hydrogen-bond donors (Lipinski definition) is 3. The maximum absolute atomic E-state index is 10.5. The minimum absolute atomic E-state index is 0.0137. The number of aliphatic hydroxyl groups excluding tert-OH is 2. The van der Waals surface area contributed by atoms with E-state index in [0.717, 1.165) is 6.54 Å². The number of aliphatic hydroxyl groups is 2. The van der Waals surface area contributed by atoms with Gasteiger partial charge in [-0.25, -0.2) is 0 Å². The van der Waals surface area contributed by atoms with Gasteiger partial charge in [-0.1, -0.05) is 0 Å². The second-order valence-electron chi connectivity index (χ2n) is 4.18. The van der Waals surface area contributed by atoms with Crippen molar-refractivity contribution in [3.63, 3.8) is 0 Å². The van der Waals surface area contributed by atoms with Gasteiger partial charge in [0, 0.05) is 26.2 Å². The summed E-state index contributed by atoms with van der Waals surface area (Å²) in [5, 5.41) is 18.5. The fourth-order valence-electron chi connectivity index (χ4n) is 1.92. The zero-order valence-corrected chi connectivity index (χ0v) is 10.5. The summed E-state index contributed by atoms with van der Waals surface area (Å²) in [4.78, 5) is 3.73. The van der Waals surface area contributed by atoms with E-state index in [1.54, 1.807) is 4.90 Å². The molecule has 0 aromatic rings. The molecule has 1 fully saturated rings. The highest BCUT2D eigenvalue weighted by Crippen LogP contribution is 2.07. The van der Waals surface area contributed by atoms with Gasteiger partial charge in [-0.15, -0.1) is 0 Å². The topological polar surface area (TPSA) is 101 Å². The van der Waals surface area contributed by atoms with E-state index in [9.17, 15) is 13.5 Å². The van der Waals surface area contributed by atoms with Crippen molar-refractivity contribution >= 4 is 10.1 Å². The lowest BCUT2D eigenvalue weighted by Crippen LogP contribution is -2.53. The molecule has 0 spiro atoms. The lowest BCUT2D eigenvalue weighted by Gasteiger charge is -2.38. The average Bonchev–Trinajstić information content (AvgIpc) is 2.20. The molecule has 1 rings (SSSR count). The van der Waals surface area contributed by atoms with Crippen LogP contribution < -0.4 is 0 Å². The number of hydrogen-bond acceptors (Lipinski definition) is 6. The van der Waals surface area contributed by atoms with E-state index in [4.69, 9.17) is 9.66 Å². The molecule has 0 bridgehead atoms. The molecule has 0 aliphatic carbocycles. The first-order chi connectivity index (χ1) is 7.92. The molecule has 102 valence electrons. The molecule has 1 aliphatic rings. The van der Waals surface area contributed by atoms with Crippen LogP contribution in [0.15, 0.2) is 0 Å². The van der Waals surface area contributed by atoms with Crippen LogP contribution >= 0.6 is 0 Å². The largest absolute Gasteiger partial charge is 0.395 e. The van der Waals surface area contributed by atoms with E-state index < -0.39 is 16.3 Å². The summed E-state index contributed by atoms with van der Waals surface area (Å²) in [5.41, 5.74) is 0. The minimum atomic E-state index is -3.89. The number of β-amino-alcohol motifs (C(OH)–C–C–N with tert-alkyl or cyclic N) is 2. The molecule has 1 atom stereocenters. The van der Waals surface area contributed by atoms with Crippen LogP contribution in [-0.2, 0) is 10.1 Å². The van der Waals surface area contributed by atoms with Crippen molar-refractivity contribution in [2.45, 2.75) is 12.6 Å². The van der Waals surface area contributed by atoms with Gasteiger partial charge in [0.25, 0.3) is 10.1 Å². The lowest BCUT2D eigenvalue weighted by atomic mass is 10.2. The highest BCUT2D eigenvalue weighted by molar-refractivity contribution is 7.85. The molecule has 8 heteroatoms. The monoisotopic (exact) mass is 268 g/mol. The van der Waals surface area contributed by atoms with Gasteiger partial charge in [0.2, 0.25) is 0 Å². The zero-order valence-electron chi connectivity index (χ0n) is 9.70. The first-order valence-corrected chi connectivity index (χ1v) is 7.24. The van der Waals surface area contributed by atoms with E-state index in [1.807, 2.05) is 4.90 Å². The van der Waals surface area contributed by atoms with Crippen LogP contribution in [0, 0.1) is 0 Å². The van der Waals surface area contributed by atoms with Gasteiger partial charge in [-0.2, -0.15) is 8.42 Å². The Morgan fingerprint density at radius 2 is 1.94 bits per heavy atom. The number of piperazine rings is 1. The fourth-order valence-corrected chi connectivity index (χ4v) is 2.41. The van der Waals surface area contributed by atoms with Crippen molar-refractivity contribution in [1.82, 2.24) is 9.80 Å². The van der Waals surface area contributed by atoms with Crippen LogP contribution in [0.1, 0.15) is 6.42 Å². The lowest BCUT2D eigenvalue weighted by molar-refractivity contribution is -0.0607. The molecule has 0 amide bonds. The van der Waals surface area contributed by atoms with Gasteiger partial charge in [-0.05, 0) is 13.0 Å². The SMILES string of the molecule is O=S(=O)(O)CCCN1CCN(CCO)C(O)C1. The van der Waals surface area contributed by atoms with Gasteiger partial charge in [0.05, 0.1) is 12.4 Å². The predicted octanol–water partition coefficient (Wildman–Crippen LogP) is -1.81. The van der Waals surface area contributed by atoms with Crippen molar-refractivity contribution in [1.29, 1.82) is 0 Å². The van der Waals surface area contributed by atoms with Gasteiger partial charge < -0.3 is 10.2 Å². The smallest absolute Gasteiger partial charge is 0.264 e. The van der Waals surface area contributed by atoms with E-state index in [2.05, 4.69) is 0 Å². The maximum Gasteiger partial charge on any atom is 0.264 e. The zero-order chi connectivity index (χ0) is 12.9. The molecule has 17 heavy (non-hydrogen) atoms. The van der Waals surface area contributed by atoms with Crippen LogP contribution in [0.3, 0.4) is 0 Å². The van der Waals surface area contributed by atoms with Crippen molar-refractivity contribution in [3.05, 3.63) is 0 Å². The van der Waals surface area contributed by atoms with E-state index >= 15 is 0 Å². The molecule has 0 radical (unpaired) electrons. The second-order valence-corrected chi connectivity index (χ2v) is 5.75. The van der Waals surface area contributed by atoms with Crippen molar-refractivity contribution in [2.75, 3.05) is 45.1 Å². The van der Waals surface area contributed by atoms with Crippen molar-refractivity contribution < 1.29 is 23.2 Å². The highest BCUT2D eigenvalue weighted by atomic mass is 32.2. The Labute approximate surface area is 101 Å². The molecular formula is C9H20N2O5S. The average molecular weight is 268 g/mol. The third-order valence-electron chi connectivity index (χ3n) is 2.81. The van der Waals surface area contributed by atoms with Crippen LogP contribution in [-0.4, -0.2) is 84.3 Å². The normalized spacial score (nSPS) is 24.1. The van der Waals surface area contributed by atoms with Crippen LogP contribution in [0.5, 0.6) is 0 Å². The number of rotatable bonds is 6. The first kappa shape index (κ1) is 14.8. The summed E-state index contributed by atoms with van der Waals surface area (Å²) in [6.45, 7) is 2.80. The minimum Gasteiger partial charge on any atom is -0.395 e.